The molecule has 0 radical (unpaired) electrons. The van der Waals surface area contributed by atoms with Crippen LogP contribution in [0.5, 0.6) is 0 Å². The predicted molar refractivity (Wildman–Crippen MR) is 72.9 cm³/mol. The van der Waals surface area contributed by atoms with Gasteiger partial charge in [-0.05, 0) is 41.9 Å². The van der Waals surface area contributed by atoms with E-state index in [1.54, 1.807) is 6.26 Å². The molecule has 1 heterocycles. The van der Waals surface area contributed by atoms with Gasteiger partial charge in [0, 0.05) is 11.0 Å². The lowest BCUT2D eigenvalue weighted by molar-refractivity contribution is 0.450. The van der Waals surface area contributed by atoms with Gasteiger partial charge in [-0.25, -0.2) is 0 Å². The fourth-order valence-electron chi connectivity index (χ4n) is 2.13. The predicted octanol–water partition coefficient (Wildman–Crippen LogP) is 3.98. The number of thioether (sulfide) groups is 1. The molecule has 0 aromatic carbocycles. The van der Waals surface area contributed by atoms with E-state index in [2.05, 4.69) is 33.0 Å². The lowest BCUT2D eigenvalue weighted by Crippen LogP contribution is -2.19. The van der Waals surface area contributed by atoms with Crippen molar-refractivity contribution in [3.63, 3.8) is 0 Å². The van der Waals surface area contributed by atoms with E-state index in [0.29, 0.717) is 6.04 Å². The van der Waals surface area contributed by atoms with Crippen LogP contribution in [0.3, 0.4) is 0 Å². The minimum atomic E-state index is 0.315. The molecule has 1 aliphatic carbocycles. The van der Waals surface area contributed by atoms with Gasteiger partial charge in [-0.1, -0.05) is 12.8 Å². The Hall–Kier alpha value is 0.0700. The zero-order valence-corrected chi connectivity index (χ0v) is 11.9. The summed E-state index contributed by atoms with van der Waals surface area (Å²) in [5.41, 5.74) is 0. The Bertz CT molecular complexity index is 323. The molecule has 1 N–H and O–H groups in total. The third-order valence-electron chi connectivity index (χ3n) is 3.11. The van der Waals surface area contributed by atoms with Crippen molar-refractivity contribution in [2.24, 2.45) is 0 Å². The number of furan rings is 1. The van der Waals surface area contributed by atoms with Gasteiger partial charge in [0.2, 0.25) is 0 Å². The van der Waals surface area contributed by atoms with Crippen molar-refractivity contribution in [1.82, 2.24) is 5.32 Å². The number of hydrogen-bond donors (Lipinski definition) is 1. The SMILES string of the molecule is CNC(CSC1CCCC1)c1occc1Br. The molecule has 0 spiro atoms. The van der Waals surface area contributed by atoms with E-state index in [4.69, 9.17) is 4.42 Å². The van der Waals surface area contributed by atoms with E-state index < -0.39 is 0 Å². The zero-order valence-electron chi connectivity index (χ0n) is 9.54. The number of nitrogens with one attached hydrogen (secondary N) is 1. The average molecular weight is 304 g/mol. The number of halogens is 1. The van der Waals surface area contributed by atoms with Crippen molar-refractivity contribution in [3.05, 3.63) is 22.6 Å². The van der Waals surface area contributed by atoms with Crippen LogP contribution >= 0.6 is 27.7 Å². The highest BCUT2D eigenvalue weighted by Gasteiger charge is 2.20. The summed E-state index contributed by atoms with van der Waals surface area (Å²) in [4.78, 5) is 0. The molecule has 1 fully saturated rings. The highest BCUT2D eigenvalue weighted by Crippen LogP contribution is 2.33. The van der Waals surface area contributed by atoms with Crippen molar-refractivity contribution in [2.75, 3.05) is 12.8 Å². The number of hydrogen-bond acceptors (Lipinski definition) is 3. The monoisotopic (exact) mass is 303 g/mol. The van der Waals surface area contributed by atoms with Gasteiger partial charge in [0.1, 0.15) is 5.76 Å². The van der Waals surface area contributed by atoms with Crippen LogP contribution < -0.4 is 5.32 Å². The molecule has 1 aromatic heterocycles. The summed E-state index contributed by atoms with van der Waals surface area (Å²) in [7, 11) is 1.99. The average Bonchev–Trinajstić information content (AvgIpc) is 2.92. The lowest BCUT2D eigenvalue weighted by Gasteiger charge is -2.16. The second-order valence-electron chi connectivity index (χ2n) is 4.21. The summed E-state index contributed by atoms with van der Waals surface area (Å²) in [5, 5.41) is 4.19. The Morgan fingerprint density at radius 1 is 1.56 bits per heavy atom. The molecule has 16 heavy (non-hydrogen) atoms. The summed E-state index contributed by atoms with van der Waals surface area (Å²) >= 11 is 5.60. The van der Waals surface area contributed by atoms with Crippen LogP contribution in [0.1, 0.15) is 37.5 Å². The maximum Gasteiger partial charge on any atom is 0.135 e. The highest BCUT2D eigenvalue weighted by molar-refractivity contribution is 9.10. The maximum atomic E-state index is 5.51. The normalized spacial score (nSPS) is 19.1. The molecule has 1 unspecified atom stereocenters. The minimum Gasteiger partial charge on any atom is -0.466 e. The molecule has 0 saturated heterocycles. The molecule has 4 heteroatoms. The Morgan fingerprint density at radius 2 is 2.31 bits per heavy atom. The van der Waals surface area contributed by atoms with Gasteiger partial charge < -0.3 is 9.73 Å². The van der Waals surface area contributed by atoms with E-state index >= 15 is 0 Å². The summed E-state index contributed by atoms with van der Waals surface area (Å²) in [6.45, 7) is 0. The van der Waals surface area contributed by atoms with Crippen LogP contribution in [-0.4, -0.2) is 18.1 Å². The summed E-state index contributed by atoms with van der Waals surface area (Å²) < 4.78 is 6.58. The summed E-state index contributed by atoms with van der Waals surface area (Å²) in [6.07, 6.45) is 7.34. The van der Waals surface area contributed by atoms with Crippen molar-refractivity contribution in [3.8, 4) is 0 Å². The third kappa shape index (κ3) is 3.05. The fourth-order valence-corrected chi connectivity index (χ4v) is 4.06. The molecule has 2 rings (SSSR count). The molecule has 90 valence electrons. The van der Waals surface area contributed by atoms with Gasteiger partial charge in [-0.2, -0.15) is 11.8 Å². The summed E-state index contributed by atoms with van der Waals surface area (Å²) in [6, 6.07) is 2.27. The highest BCUT2D eigenvalue weighted by atomic mass is 79.9. The zero-order chi connectivity index (χ0) is 11.4. The molecule has 0 amide bonds. The first-order chi connectivity index (χ1) is 7.81. The third-order valence-corrected chi connectivity index (χ3v) is 5.23. The van der Waals surface area contributed by atoms with Gasteiger partial charge in [0.05, 0.1) is 16.8 Å². The Kier molecular flexibility index (Phi) is 4.79. The molecule has 1 saturated carbocycles. The smallest absolute Gasteiger partial charge is 0.135 e. The van der Waals surface area contributed by atoms with Crippen LogP contribution in [0, 0.1) is 0 Å². The van der Waals surface area contributed by atoms with E-state index in [9.17, 15) is 0 Å². The minimum absolute atomic E-state index is 0.315. The Morgan fingerprint density at radius 3 is 2.88 bits per heavy atom. The van der Waals surface area contributed by atoms with Gasteiger partial charge in [-0.3, -0.25) is 0 Å². The fraction of sp³-hybridized carbons (Fsp3) is 0.667. The van der Waals surface area contributed by atoms with Gasteiger partial charge in [-0.15, -0.1) is 0 Å². The van der Waals surface area contributed by atoms with Crippen molar-refractivity contribution in [1.29, 1.82) is 0 Å². The van der Waals surface area contributed by atoms with E-state index in [0.717, 1.165) is 21.2 Å². The molecular formula is C12H18BrNOS. The van der Waals surface area contributed by atoms with Crippen molar-refractivity contribution in [2.45, 2.75) is 37.0 Å². The molecular weight excluding hydrogens is 286 g/mol. The molecule has 0 bridgehead atoms. The molecule has 2 nitrogen and oxygen atoms in total. The van der Waals surface area contributed by atoms with Crippen LogP contribution in [0.25, 0.3) is 0 Å². The van der Waals surface area contributed by atoms with E-state index in [1.165, 1.54) is 25.7 Å². The Labute approximate surface area is 110 Å². The van der Waals surface area contributed by atoms with Gasteiger partial charge >= 0.3 is 0 Å². The van der Waals surface area contributed by atoms with Gasteiger partial charge in [0.25, 0.3) is 0 Å². The second-order valence-corrected chi connectivity index (χ2v) is 6.40. The topological polar surface area (TPSA) is 25.2 Å². The van der Waals surface area contributed by atoms with E-state index in [1.807, 2.05) is 13.1 Å². The molecule has 0 aliphatic heterocycles. The van der Waals surface area contributed by atoms with Crippen molar-refractivity contribution >= 4 is 27.7 Å². The van der Waals surface area contributed by atoms with Crippen LogP contribution in [-0.2, 0) is 0 Å². The Balaban J connectivity index is 1.88. The van der Waals surface area contributed by atoms with Crippen LogP contribution in [0.4, 0.5) is 0 Å². The standard InChI is InChI=1S/C12H18BrNOS/c1-14-11(12-10(13)6-7-15-12)8-16-9-4-2-3-5-9/h6-7,9,11,14H,2-5,8H2,1H3. The molecule has 1 aromatic rings. The first kappa shape index (κ1) is 12.5. The first-order valence-electron chi connectivity index (χ1n) is 5.83. The maximum absolute atomic E-state index is 5.51. The molecule has 1 atom stereocenters. The second kappa shape index (κ2) is 6.12. The van der Waals surface area contributed by atoms with E-state index in [-0.39, 0.29) is 0 Å². The van der Waals surface area contributed by atoms with Crippen LogP contribution in [0.15, 0.2) is 21.2 Å². The summed E-state index contributed by atoms with van der Waals surface area (Å²) in [5.74, 6) is 2.11. The van der Waals surface area contributed by atoms with Crippen LogP contribution in [0.2, 0.25) is 0 Å². The quantitative estimate of drug-likeness (QED) is 0.891. The first-order valence-corrected chi connectivity index (χ1v) is 7.67. The number of rotatable bonds is 5. The largest absolute Gasteiger partial charge is 0.466 e. The van der Waals surface area contributed by atoms with Gasteiger partial charge in [0.15, 0.2) is 0 Å². The molecule has 1 aliphatic rings. The van der Waals surface area contributed by atoms with Crippen molar-refractivity contribution < 1.29 is 4.42 Å². The lowest BCUT2D eigenvalue weighted by atomic mass is 10.2.